The first kappa shape index (κ1) is 32.5. The average Bonchev–Trinajstić information content (AvgIpc) is 3.47. The van der Waals surface area contributed by atoms with Crippen LogP contribution in [-0.4, -0.2) is 35.1 Å². The number of nitrogens with one attached hydrogen (secondary N) is 3. The molecule has 1 atom stereocenters. The Morgan fingerprint density at radius 2 is 1.59 bits per heavy atom. The molecule has 5 aromatic rings. The van der Waals surface area contributed by atoms with E-state index in [9.17, 15) is 14.4 Å². The molecular formula is C36H34N4O4S2. The Balaban J connectivity index is 1.24. The molecule has 234 valence electrons. The van der Waals surface area contributed by atoms with Crippen molar-refractivity contribution >= 4 is 67.9 Å². The van der Waals surface area contributed by atoms with Crippen LogP contribution in [0.4, 0.5) is 10.8 Å². The van der Waals surface area contributed by atoms with E-state index in [2.05, 4.69) is 34.8 Å². The van der Waals surface area contributed by atoms with Crippen molar-refractivity contribution in [1.82, 2.24) is 10.3 Å². The van der Waals surface area contributed by atoms with Crippen molar-refractivity contribution in [2.75, 3.05) is 17.7 Å². The molecule has 0 bridgehead atoms. The molecule has 3 amide bonds. The number of aromatic nitrogens is 1. The number of benzene rings is 4. The van der Waals surface area contributed by atoms with Gasteiger partial charge in [-0.2, -0.15) is 0 Å². The van der Waals surface area contributed by atoms with Crippen LogP contribution >= 0.6 is 23.1 Å². The van der Waals surface area contributed by atoms with Gasteiger partial charge in [-0.3, -0.25) is 14.4 Å². The van der Waals surface area contributed by atoms with Crippen molar-refractivity contribution < 1.29 is 19.1 Å². The van der Waals surface area contributed by atoms with Gasteiger partial charge in [0.1, 0.15) is 11.4 Å². The minimum Gasteiger partial charge on any atom is -0.497 e. The number of carbonyl (C=O) groups excluding carboxylic acids is 3. The highest BCUT2D eigenvalue weighted by Gasteiger charge is 2.18. The fraction of sp³-hybridized carbons (Fsp3) is 0.167. The zero-order chi connectivity index (χ0) is 32.6. The number of hydrogen-bond donors (Lipinski definition) is 3. The lowest BCUT2D eigenvalue weighted by atomic mass is 10.0. The van der Waals surface area contributed by atoms with E-state index in [0.29, 0.717) is 22.3 Å². The van der Waals surface area contributed by atoms with E-state index >= 15 is 0 Å². The second-order valence-electron chi connectivity index (χ2n) is 10.8. The molecule has 0 aliphatic heterocycles. The van der Waals surface area contributed by atoms with Gasteiger partial charge < -0.3 is 20.7 Å². The zero-order valence-corrected chi connectivity index (χ0v) is 27.5. The van der Waals surface area contributed by atoms with E-state index in [4.69, 9.17) is 4.74 Å². The van der Waals surface area contributed by atoms with E-state index in [0.717, 1.165) is 26.4 Å². The summed E-state index contributed by atoms with van der Waals surface area (Å²) in [6.07, 6.45) is 1.66. The van der Waals surface area contributed by atoms with Gasteiger partial charge >= 0.3 is 0 Å². The molecule has 0 fully saturated rings. The number of rotatable bonds is 11. The van der Waals surface area contributed by atoms with Crippen molar-refractivity contribution in [1.29, 1.82) is 0 Å². The lowest BCUT2D eigenvalue weighted by Gasteiger charge is -2.13. The lowest BCUT2D eigenvalue weighted by molar-refractivity contribution is -0.115. The fourth-order valence-electron chi connectivity index (χ4n) is 4.45. The third-order valence-corrected chi connectivity index (χ3v) is 9.11. The Morgan fingerprint density at radius 3 is 2.26 bits per heavy atom. The monoisotopic (exact) mass is 650 g/mol. The van der Waals surface area contributed by atoms with E-state index < -0.39 is 11.2 Å². The maximum absolute atomic E-state index is 13.4. The van der Waals surface area contributed by atoms with Gasteiger partial charge in [0.25, 0.3) is 11.8 Å². The molecule has 0 spiro atoms. The number of amides is 3. The minimum atomic E-state index is -0.459. The summed E-state index contributed by atoms with van der Waals surface area (Å²) in [5, 5.41) is 8.69. The lowest BCUT2D eigenvalue weighted by Crippen LogP contribution is -2.30. The summed E-state index contributed by atoms with van der Waals surface area (Å²) in [5.74, 6) is 0.0989. The molecule has 0 aliphatic rings. The third-order valence-electron chi connectivity index (χ3n) is 7.06. The molecule has 5 rings (SSSR count). The van der Waals surface area contributed by atoms with Gasteiger partial charge in [-0.1, -0.05) is 67.6 Å². The number of methoxy groups -OCH3 is 1. The molecule has 10 heteroatoms. The Hall–Kier alpha value is -4.93. The standard InChI is InChI=1S/C36H34N4O4S2/c1-22(2)25-12-10-24(11-13-25)20-31(38-34(42)26-8-6-5-7-9-26)35(43)37-27-14-17-29(18-15-27)45-23(3)33(41)40-36-39-30-19-16-28(44-4)21-32(30)46-36/h5-23H,1-4H3,(H,37,43)(H,38,42)(H,39,40,41)/b31-20-. The minimum absolute atomic E-state index is 0.114. The zero-order valence-electron chi connectivity index (χ0n) is 25.9. The second kappa shape index (κ2) is 14.9. The largest absolute Gasteiger partial charge is 0.497 e. The van der Waals surface area contributed by atoms with Crippen LogP contribution in [0.3, 0.4) is 0 Å². The van der Waals surface area contributed by atoms with Gasteiger partial charge in [0, 0.05) is 16.1 Å². The first-order valence-electron chi connectivity index (χ1n) is 14.7. The molecule has 0 aliphatic carbocycles. The molecule has 3 N–H and O–H groups in total. The quantitative estimate of drug-likeness (QED) is 0.0989. The summed E-state index contributed by atoms with van der Waals surface area (Å²) >= 11 is 2.78. The number of nitrogens with zero attached hydrogens (tertiary/aromatic N) is 1. The Morgan fingerprint density at radius 1 is 0.870 bits per heavy atom. The summed E-state index contributed by atoms with van der Waals surface area (Å²) in [7, 11) is 1.61. The maximum Gasteiger partial charge on any atom is 0.272 e. The summed E-state index contributed by atoms with van der Waals surface area (Å²) in [6, 6.07) is 29.4. The molecule has 1 heterocycles. The van der Waals surface area contributed by atoms with Crippen LogP contribution in [-0.2, 0) is 9.59 Å². The predicted molar refractivity (Wildman–Crippen MR) is 188 cm³/mol. The van der Waals surface area contributed by atoms with Crippen LogP contribution in [0.5, 0.6) is 5.75 Å². The van der Waals surface area contributed by atoms with Crippen LogP contribution in [0.25, 0.3) is 16.3 Å². The molecule has 0 saturated heterocycles. The number of anilines is 2. The molecule has 8 nitrogen and oxygen atoms in total. The molecule has 1 unspecified atom stereocenters. The maximum atomic E-state index is 13.4. The van der Waals surface area contributed by atoms with Crippen LogP contribution in [0.15, 0.2) is 108 Å². The summed E-state index contributed by atoms with van der Waals surface area (Å²) in [4.78, 5) is 44.6. The number of ether oxygens (including phenoxy) is 1. The highest BCUT2D eigenvalue weighted by molar-refractivity contribution is 8.00. The van der Waals surface area contributed by atoms with Crippen LogP contribution in [0.1, 0.15) is 48.2 Å². The molecule has 0 saturated carbocycles. The number of carbonyl (C=O) groups is 3. The molecule has 1 aromatic heterocycles. The molecular weight excluding hydrogens is 617 g/mol. The topological polar surface area (TPSA) is 109 Å². The van der Waals surface area contributed by atoms with E-state index in [1.807, 2.05) is 67.6 Å². The van der Waals surface area contributed by atoms with E-state index in [1.165, 1.54) is 28.7 Å². The van der Waals surface area contributed by atoms with Crippen molar-refractivity contribution in [3.63, 3.8) is 0 Å². The van der Waals surface area contributed by atoms with Gasteiger partial charge in [0.2, 0.25) is 5.91 Å². The van der Waals surface area contributed by atoms with Gasteiger partial charge in [-0.15, -0.1) is 11.8 Å². The Bertz CT molecular complexity index is 1870. The first-order valence-corrected chi connectivity index (χ1v) is 16.4. The molecule has 4 aromatic carbocycles. The van der Waals surface area contributed by atoms with Crippen LogP contribution in [0, 0.1) is 0 Å². The number of hydrogen-bond acceptors (Lipinski definition) is 7. The molecule has 0 radical (unpaired) electrons. The number of thioether (sulfide) groups is 1. The number of thiazole rings is 1. The van der Waals surface area contributed by atoms with E-state index in [-0.39, 0.29) is 17.5 Å². The Kier molecular flexibility index (Phi) is 10.5. The highest BCUT2D eigenvalue weighted by Crippen LogP contribution is 2.31. The van der Waals surface area contributed by atoms with Crippen molar-refractivity contribution in [2.45, 2.75) is 36.8 Å². The van der Waals surface area contributed by atoms with E-state index in [1.54, 1.807) is 49.6 Å². The average molecular weight is 651 g/mol. The predicted octanol–water partition coefficient (Wildman–Crippen LogP) is 7.96. The van der Waals surface area contributed by atoms with Crippen LogP contribution in [0.2, 0.25) is 0 Å². The van der Waals surface area contributed by atoms with Crippen molar-refractivity contribution in [2.24, 2.45) is 0 Å². The third kappa shape index (κ3) is 8.41. The molecule has 46 heavy (non-hydrogen) atoms. The second-order valence-corrected chi connectivity index (χ2v) is 13.2. The summed E-state index contributed by atoms with van der Waals surface area (Å²) < 4.78 is 6.20. The van der Waals surface area contributed by atoms with Gasteiger partial charge in [-0.25, -0.2) is 4.98 Å². The first-order chi connectivity index (χ1) is 22.2. The fourth-order valence-corrected chi connectivity index (χ4v) is 6.22. The van der Waals surface area contributed by atoms with Crippen molar-refractivity contribution in [3.05, 3.63) is 119 Å². The normalized spacial score (nSPS) is 12.1. The summed E-state index contributed by atoms with van der Waals surface area (Å²) in [6.45, 7) is 6.06. The highest BCUT2D eigenvalue weighted by atomic mass is 32.2. The van der Waals surface area contributed by atoms with Gasteiger partial charge in [0.05, 0.1) is 22.6 Å². The van der Waals surface area contributed by atoms with Gasteiger partial charge in [-0.05, 0) is 84.6 Å². The van der Waals surface area contributed by atoms with Crippen molar-refractivity contribution in [3.8, 4) is 5.75 Å². The van der Waals surface area contributed by atoms with Gasteiger partial charge in [0.15, 0.2) is 5.13 Å². The Labute approximate surface area is 276 Å². The van der Waals surface area contributed by atoms with Crippen LogP contribution < -0.4 is 20.7 Å². The smallest absolute Gasteiger partial charge is 0.272 e. The number of fused-ring (bicyclic) bond motifs is 1. The summed E-state index contributed by atoms with van der Waals surface area (Å²) in [5.41, 5.74) is 3.86. The SMILES string of the molecule is COc1ccc2nc(NC(=O)C(C)Sc3ccc(NC(=O)/C(=C/c4ccc(C(C)C)cc4)NC(=O)c4ccccc4)cc3)sc2c1.